The summed E-state index contributed by atoms with van der Waals surface area (Å²) >= 11 is 0. The third-order valence-corrected chi connectivity index (χ3v) is 12.4. The van der Waals surface area contributed by atoms with Crippen molar-refractivity contribution in [1.82, 2.24) is 33.6 Å². The second-order valence-corrected chi connectivity index (χ2v) is 16.0. The molecule has 7 nitrogen and oxygen atoms in total. The normalized spacial score (nSPS) is 11.8. The first-order chi connectivity index (χ1) is 31.2. The van der Waals surface area contributed by atoms with Gasteiger partial charge in [-0.05, 0) is 83.9 Å². The molecule has 13 rings (SSSR count). The fourth-order valence-corrected chi connectivity index (χ4v) is 9.57. The minimum atomic E-state index is 0.638. The number of benzene rings is 8. The van der Waals surface area contributed by atoms with Crippen LogP contribution in [0.1, 0.15) is 0 Å². The summed E-state index contributed by atoms with van der Waals surface area (Å²) in [7, 11) is 0. The molecule has 0 saturated carbocycles. The lowest BCUT2D eigenvalue weighted by atomic mass is 10.0. The molecule has 0 aliphatic rings. The Morgan fingerprint density at radius 2 is 0.810 bits per heavy atom. The molecule has 5 aromatic heterocycles. The lowest BCUT2D eigenvalue weighted by Crippen LogP contribution is -2.03. The van der Waals surface area contributed by atoms with Gasteiger partial charge in [0.25, 0.3) is 0 Å². The number of hydrogen-bond donors (Lipinski definition) is 0. The molecule has 0 aliphatic carbocycles. The lowest BCUT2D eigenvalue weighted by Gasteiger charge is -2.12. The van der Waals surface area contributed by atoms with E-state index in [0.717, 1.165) is 99.8 Å². The number of hydrogen-bond acceptors (Lipinski definition) is 4. The fourth-order valence-electron chi connectivity index (χ4n) is 9.57. The van der Waals surface area contributed by atoms with E-state index >= 15 is 0 Å². The highest BCUT2D eigenvalue weighted by Gasteiger charge is 2.20. The first kappa shape index (κ1) is 35.1. The Bertz CT molecular complexity index is 3840. The molecule has 13 aromatic rings. The zero-order valence-electron chi connectivity index (χ0n) is 33.8. The van der Waals surface area contributed by atoms with E-state index in [-0.39, 0.29) is 0 Å². The smallest absolute Gasteiger partial charge is 0.235 e. The van der Waals surface area contributed by atoms with Crippen molar-refractivity contribution in [3.8, 4) is 51.0 Å². The molecule has 0 bridgehead atoms. The average Bonchev–Trinajstić information content (AvgIpc) is 3.99. The summed E-state index contributed by atoms with van der Waals surface area (Å²) in [4.78, 5) is 19.7. The lowest BCUT2D eigenvalue weighted by molar-refractivity contribution is 0.995. The maximum Gasteiger partial charge on any atom is 0.235 e. The van der Waals surface area contributed by atoms with Crippen molar-refractivity contribution in [2.24, 2.45) is 0 Å². The van der Waals surface area contributed by atoms with E-state index in [2.05, 4.69) is 201 Å². The Morgan fingerprint density at radius 1 is 0.317 bits per heavy atom. The molecule has 0 atom stereocenters. The zero-order valence-corrected chi connectivity index (χ0v) is 33.8. The maximum absolute atomic E-state index is 5.23. The number of fused-ring (bicyclic) bond motifs is 9. The van der Waals surface area contributed by atoms with Crippen LogP contribution in [0, 0.1) is 0 Å². The summed E-state index contributed by atoms with van der Waals surface area (Å²) in [6.07, 6.45) is 3.55. The van der Waals surface area contributed by atoms with E-state index in [1.54, 1.807) is 6.33 Å². The van der Waals surface area contributed by atoms with Gasteiger partial charge in [0.1, 0.15) is 6.33 Å². The molecular weight excluding hydrogens is 771 g/mol. The van der Waals surface area contributed by atoms with Crippen LogP contribution in [-0.2, 0) is 0 Å². The summed E-state index contributed by atoms with van der Waals surface area (Å²) in [6.45, 7) is 0. The molecule has 0 unspecified atom stereocenters. The van der Waals surface area contributed by atoms with Gasteiger partial charge in [0, 0.05) is 49.4 Å². The van der Waals surface area contributed by atoms with Gasteiger partial charge < -0.3 is 9.13 Å². The van der Waals surface area contributed by atoms with Crippen LogP contribution >= 0.6 is 0 Å². The van der Waals surface area contributed by atoms with Crippen LogP contribution in [0.2, 0.25) is 0 Å². The monoisotopic (exact) mass is 805 g/mol. The summed E-state index contributed by atoms with van der Waals surface area (Å²) in [5.74, 6) is 0.638. The third-order valence-electron chi connectivity index (χ3n) is 12.4. The standard InChI is InChI=1S/C56H35N7/c1-4-14-36(15-5-1)47-33-48(37-16-6-2-7-17-37)60-56(59-47)63-50-23-13-11-21-43(50)45-31-39(25-28-52(45)63)38-24-27-51-44(30-38)42-20-10-12-22-49(42)62(51)41-26-29-53-46(32-41)55-54(34-57-35-58-55)61(53)40-18-8-3-9-19-40/h1-35H. The Kier molecular flexibility index (Phi) is 7.77. The number of nitrogens with zero attached hydrogens (tertiary/aromatic N) is 7. The SMILES string of the molecule is c1ccc(-c2cc(-c3ccccc3)nc(-n3c4ccccc4c4cc(-c5ccc6c(c5)c5ccccc5n6-c5ccc6c(c5)c5ncncc5n6-c5ccccc5)ccc43)n2)cc1. The molecular formula is C56H35N7. The van der Waals surface area contributed by atoms with E-state index in [1.165, 1.54) is 10.8 Å². The minimum Gasteiger partial charge on any atom is -0.309 e. The van der Waals surface area contributed by atoms with Crippen LogP contribution < -0.4 is 0 Å². The third kappa shape index (κ3) is 5.53. The second-order valence-electron chi connectivity index (χ2n) is 16.0. The van der Waals surface area contributed by atoms with Gasteiger partial charge in [0.15, 0.2) is 0 Å². The average molecular weight is 806 g/mol. The predicted molar refractivity (Wildman–Crippen MR) is 257 cm³/mol. The van der Waals surface area contributed by atoms with Crippen LogP contribution in [0.4, 0.5) is 0 Å². The number of aromatic nitrogens is 7. The minimum absolute atomic E-state index is 0.638. The Morgan fingerprint density at radius 3 is 1.44 bits per heavy atom. The largest absolute Gasteiger partial charge is 0.309 e. The molecule has 0 aliphatic heterocycles. The number of para-hydroxylation sites is 3. The Hall–Kier alpha value is -8.68. The van der Waals surface area contributed by atoms with E-state index < -0.39 is 0 Å². The van der Waals surface area contributed by atoms with Crippen molar-refractivity contribution >= 4 is 65.5 Å². The molecule has 0 amide bonds. The van der Waals surface area contributed by atoms with Gasteiger partial charge in [-0.3, -0.25) is 4.57 Å². The molecule has 294 valence electrons. The summed E-state index contributed by atoms with van der Waals surface area (Å²) in [5, 5.41) is 5.77. The van der Waals surface area contributed by atoms with Crippen molar-refractivity contribution < 1.29 is 0 Å². The van der Waals surface area contributed by atoms with Gasteiger partial charge in [-0.15, -0.1) is 0 Å². The van der Waals surface area contributed by atoms with Gasteiger partial charge in [-0.2, -0.15) is 0 Å². The quantitative estimate of drug-likeness (QED) is 0.168. The van der Waals surface area contributed by atoms with E-state index in [4.69, 9.17) is 15.0 Å². The van der Waals surface area contributed by atoms with Gasteiger partial charge >= 0.3 is 0 Å². The Balaban J connectivity index is 0.966. The van der Waals surface area contributed by atoms with Gasteiger partial charge in [-0.25, -0.2) is 19.9 Å². The van der Waals surface area contributed by atoms with Crippen molar-refractivity contribution in [1.29, 1.82) is 0 Å². The van der Waals surface area contributed by atoms with Crippen molar-refractivity contribution in [2.75, 3.05) is 0 Å². The van der Waals surface area contributed by atoms with E-state index in [0.29, 0.717) is 5.95 Å². The summed E-state index contributed by atoms with van der Waals surface area (Å²) in [6, 6.07) is 70.8. The molecule has 5 heterocycles. The highest BCUT2D eigenvalue weighted by molar-refractivity contribution is 6.13. The molecule has 7 heteroatoms. The molecule has 0 spiro atoms. The maximum atomic E-state index is 5.23. The van der Waals surface area contributed by atoms with Gasteiger partial charge in [-0.1, -0.05) is 127 Å². The molecule has 0 N–H and O–H groups in total. The van der Waals surface area contributed by atoms with Gasteiger partial charge in [0.2, 0.25) is 5.95 Å². The van der Waals surface area contributed by atoms with Crippen LogP contribution in [0.3, 0.4) is 0 Å². The van der Waals surface area contributed by atoms with E-state index in [1.807, 2.05) is 24.4 Å². The molecule has 0 radical (unpaired) electrons. The highest BCUT2D eigenvalue weighted by Crippen LogP contribution is 2.40. The molecule has 63 heavy (non-hydrogen) atoms. The molecule has 0 saturated heterocycles. The molecule has 0 fully saturated rings. The Labute approximate surface area is 361 Å². The first-order valence-electron chi connectivity index (χ1n) is 21.1. The molecule has 8 aromatic carbocycles. The first-order valence-corrected chi connectivity index (χ1v) is 21.1. The summed E-state index contributed by atoms with van der Waals surface area (Å²) < 4.78 is 6.84. The van der Waals surface area contributed by atoms with Crippen molar-refractivity contribution in [3.63, 3.8) is 0 Å². The fraction of sp³-hybridized carbons (Fsp3) is 0. The van der Waals surface area contributed by atoms with Crippen LogP contribution in [0.25, 0.3) is 117 Å². The predicted octanol–water partition coefficient (Wildman–Crippen LogP) is 13.6. The van der Waals surface area contributed by atoms with Crippen LogP contribution in [0.15, 0.2) is 213 Å². The topological polar surface area (TPSA) is 66.3 Å². The highest BCUT2D eigenvalue weighted by atomic mass is 15.2. The van der Waals surface area contributed by atoms with Crippen molar-refractivity contribution in [3.05, 3.63) is 213 Å². The van der Waals surface area contributed by atoms with Crippen molar-refractivity contribution in [2.45, 2.75) is 0 Å². The number of rotatable bonds is 6. The summed E-state index contributed by atoms with van der Waals surface area (Å²) in [5.41, 5.74) is 15.7. The zero-order chi connectivity index (χ0) is 41.4. The second kappa shape index (κ2) is 13.9. The van der Waals surface area contributed by atoms with Crippen LogP contribution in [-0.4, -0.2) is 33.6 Å². The van der Waals surface area contributed by atoms with Crippen LogP contribution in [0.5, 0.6) is 0 Å². The van der Waals surface area contributed by atoms with Gasteiger partial charge in [0.05, 0.1) is 56.2 Å². The van der Waals surface area contributed by atoms with E-state index in [9.17, 15) is 0 Å².